The predicted octanol–water partition coefficient (Wildman–Crippen LogP) is 3.36. The number of para-hydroxylation sites is 1. The minimum absolute atomic E-state index is 0.219. The van der Waals surface area contributed by atoms with Crippen LogP contribution in [0.3, 0.4) is 0 Å². The van der Waals surface area contributed by atoms with Crippen molar-refractivity contribution in [2.75, 3.05) is 17.4 Å². The van der Waals surface area contributed by atoms with Gasteiger partial charge in [0.05, 0.1) is 5.69 Å². The molecule has 0 radical (unpaired) electrons. The van der Waals surface area contributed by atoms with E-state index in [2.05, 4.69) is 10.6 Å². The van der Waals surface area contributed by atoms with Crippen molar-refractivity contribution in [2.24, 2.45) is 0 Å². The first-order valence-corrected chi connectivity index (χ1v) is 6.35. The molecule has 0 fully saturated rings. The van der Waals surface area contributed by atoms with Crippen LogP contribution in [0.5, 0.6) is 11.5 Å². The molecule has 2 aromatic carbocycles. The van der Waals surface area contributed by atoms with E-state index in [0.29, 0.717) is 22.3 Å². The molecule has 102 valence electrons. The summed E-state index contributed by atoms with van der Waals surface area (Å²) in [5.41, 5.74) is 1.06. The van der Waals surface area contributed by atoms with Gasteiger partial charge in [-0.05, 0) is 36.5 Å². The molecular formula is C14H11FN2O2S. The summed E-state index contributed by atoms with van der Waals surface area (Å²) in [5, 5.41) is 6.07. The molecular weight excluding hydrogens is 279 g/mol. The SMILES string of the molecule is Fc1ccccc1NC(=S)Nc1ccc2c(c1)OCO2. The lowest BCUT2D eigenvalue weighted by molar-refractivity contribution is 0.174. The molecule has 20 heavy (non-hydrogen) atoms. The highest BCUT2D eigenvalue weighted by molar-refractivity contribution is 7.80. The molecule has 0 saturated carbocycles. The lowest BCUT2D eigenvalue weighted by Gasteiger charge is -2.11. The second kappa shape index (κ2) is 5.34. The zero-order chi connectivity index (χ0) is 13.9. The molecule has 1 heterocycles. The summed E-state index contributed by atoms with van der Waals surface area (Å²) in [5.74, 6) is 0.995. The quantitative estimate of drug-likeness (QED) is 0.830. The summed E-state index contributed by atoms with van der Waals surface area (Å²) in [7, 11) is 0. The van der Waals surface area contributed by atoms with E-state index in [9.17, 15) is 4.39 Å². The van der Waals surface area contributed by atoms with Crippen LogP contribution in [0.4, 0.5) is 15.8 Å². The zero-order valence-electron chi connectivity index (χ0n) is 10.4. The van der Waals surface area contributed by atoms with Gasteiger partial charge in [0.2, 0.25) is 6.79 Å². The summed E-state index contributed by atoms with van der Waals surface area (Å²) in [4.78, 5) is 0. The van der Waals surface area contributed by atoms with E-state index in [-0.39, 0.29) is 12.6 Å². The number of hydrogen-bond acceptors (Lipinski definition) is 3. The number of nitrogens with one attached hydrogen (secondary N) is 2. The van der Waals surface area contributed by atoms with Gasteiger partial charge in [-0.25, -0.2) is 4.39 Å². The molecule has 0 spiro atoms. The van der Waals surface area contributed by atoms with Gasteiger partial charge in [-0.15, -0.1) is 0 Å². The highest BCUT2D eigenvalue weighted by Crippen LogP contribution is 2.34. The van der Waals surface area contributed by atoms with Crippen LogP contribution in [0.15, 0.2) is 42.5 Å². The minimum atomic E-state index is -0.359. The molecule has 0 aromatic heterocycles. The highest BCUT2D eigenvalue weighted by atomic mass is 32.1. The molecule has 3 rings (SSSR count). The van der Waals surface area contributed by atoms with Crippen LogP contribution in [0, 0.1) is 5.82 Å². The van der Waals surface area contributed by atoms with Gasteiger partial charge in [0.15, 0.2) is 16.6 Å². The Kier molecular flexibility index (Phi) is 3.39. The fourth-order valence-corrected chi connectivity index (χ4v) is 2.05. The van der Waals surface area contributed by atoms with Crippen molar-refractivity contribution in [3.8, 4) is 11.5 Å². The van der Waals surface area contributed by atoms with Gasteiger partial charge in [-0.2, -0.15) is 0 Å². The number of halogens is 1. The van der Waals surface area contributed by atoms with Gasteiger partial charge in [-0.1, -0.05) is 12.1 Å². The van der Waals surface area contributed by atoms with Gasteiger partial charge >= 0.3 is 0 Å². The minimum Gasteiger partial charge on any atom is -0.454 e. The van der Waals surface area contributed by atoms with E-state index in [0.717, 1.165) is 5.69 Å². The molecule has 0 aliphatic carbocycles. The summed E-state index contributed by atoms with van der Waals surface area (Å²) in [6, 6.07) is 11.7. The number of thiocarbonyl (C=S) groups is 1. The largest absolute Gasteiger partial charge is 0.454 e. The Morgan fingerprint density at radius 3 is 2.70 bits per heavy atom. The van der Waals surface area contributed by atoms with Gasteiger partial charge in [-0.3, -0.25) is 0 Å². The van der Waals surface area contributed by atoms with Crippen LogP contribution in [-0.4, -0.2) is 11.9 Å². The first kappa shape index (κ1) is 12.7. The average molecular weight is 290 g/mol. The van der Waals surface area contributed by atoms with Crippen LogP contribution in [0.2, 0.25) is 0 Å². The highest BCUT2D eigenvalue weighted by Gasteiger charge is 2.13. The van der Waals surface area contributed by atoms with Crippen molar-refractivity contribution in [1.82, 2.24) is 0 Å². The number of rotatable bonds is 2. The maximum atomic E-state index is 13.5. The zero-order valence-corrected chi connectivity index (χ0v) is 11.2. The topological polar surface area (TPSA) is 42.5 Å². The molecule has 0 saturated heterocycles. The number of anilines is 2. The van der Waals surface area contributed by atoms with Gasteiger partial charge < -0.3 is 20.1 Å². The maximum absolute atomic E-state index is 13.5. The molecule has 2 N–H and O–H groups in total. The fourth-order valence-electron chi connectivity index (χ4n) is 1.82. The molecule has 4 nitrogen and oxygen atoms in total. The fraction of sp³-hybridized carbons (Fsp3) is 0.0714. The van der Waals surface area contributed by atoms with E-state index >= 15 is 0 Å². The number of benzene rings is 2. The van der Waals surface area contributed by atoms with E-state index in [1.54, 1.807) is 30.3 Å². The molecule has 1 aliphatic rings. The second-order valence-corrected chi connectivity index (χ2v) is 4.54. The molecule has 6 heteroatoms. The Morgan fingerprint density at radius 2 is 1.85 bits per heavy atom. The Morgan fingerprint density at radius 1 is 1.05 bits per heavy atom. The number of ether oxygens (including phenoxy) is 2. The third kappa shape index (κ3) is 2.65. The molecule has 0 atom stereocenters. The Bertz CT molecular complexity index is 663. The first-order valence-electron chi connectivity index (χ1n) is 5.94. The Balaban J connectivity index is 1.69. The monoisotopic (exact) mass is 290 g/mol. The van der Waals surface area contributed by atoms with Crippen molar-refractivity contribution in [2.45, 2.75) is 0 Å². The lowest BCUT2D eigenvalue weighted by atomic mass is 10.3. The lowest BCUT2D eigenvalue weighted by Crippen LogP contribution is -2.19. The van der Waals surface area contributed by atoms with Crippen molar-refractivity contribution in [3.05, 3.63) is 48.3 Å². The smallest absolute Gasteiger partial charge is 0.231 e. The van der Waals surface area contributed by atoms with Crippen molar-refractivity contribution >= 4 is 28.7 Å². The molecule has 0 bridgehead atoms. The molecule has 2 aromatic rings. The number of hydrogen-bond donors (Lipinski definition) is 2. The molecule has 0 amide bonds. The average Bonchev–Trinajstić information content (AvgIpc) is 2.89. The molecule has 1 aliphatic heterocycles. The van der Waals surface area contributed by atoms with Crippen molar-refractivity contribution < 1.29 is 13.9 Å². The summed E-state index contributed by atoms with van der Waals surface area (Å²) >= 11 is 5.14. The third-order valence-electron chi connectivity index (χ3n) is 2.75. The van der Waals surface area contributed by atoms with E-state index in [1.807, 2.05) is 6.07 Å². The third-order valence-corrected chi connectivity index (χ3v) is 2.96. The van der Waals surface area contributed by atoms with Crippen LogP contribution in [-0.2, 0) is 0 Å². The summed E-state index contributed by atoms with van der Waals surface area (Å²) < 4.78 is 24.0. The van der Waals surface area contributed by atoms with Gasteiger partial charge in [0.1, 0.15) is 5.82 Å². The van der Waals surface area contributed by atoms with Crippen LogP contribution in [0.25, 0.3) is 0 Å². The van der Waals surface area contributed by atoms with Crippen molar-refractivity contribution in [3.63, 3.8) is 0 Å². The van der Waals surface area contributed by atoms with Crippen LogP contribution < -0.4 is 20.1 Å². The Hall–Kier alpha value is -2.34. The van der Waals surface area contributed by atoms with E-state index in [4.69, 9.17) is 21.7 Å². The van der Waals surface area contributed by atoms with Crippen molar-refractivity contribution in [1.29, 1.82) is 0 Å². The summed E-state index contributed by atoms with van der Waals surface area (Å²) in [6.07, 6.45) is 0. The van der Waals surface area contributed by atoms with Gasteiger partial charge in [0, 0.05) is 11.8 Å². The Labute approximate surface area is 120 Å². The maximum Gasteiger partial charge on any atom is 0.231 e. The van der Waals surface area contributed by atoms with Crippen LogP contribution in [0.1, 0.15) is 0 Å². The normalized spacial score (nSPS) is 12.1. The van der Waals surface area contributed by atoms with E-state index < -0.39 is 0 Å². The standard InChI is InChI=1S/C14H11FN2O2S/c15-10-3-1-2-4-11(10)17-14(20)16-9-5-6-12-13(7-9)19-8-18-12/h1-7H,8H2,(H2,16,17,20). The second-order valence-electron chi connectivity index (χ2n) is 4.13. The molecule has 0 unspecified atom stereocenters. The predicted molar refractivity (Wildman–Crippen MR) is 78.8 cm³/mol. The van der Waals surface area contributed by atoms with E-state index in [1.165, 1.54) is 6.07 Å². The summed E-state index contributed by atoms with van der Waals surface area (Å²) in [6.45, 7) is 0.219. The van der Waals surface area contributed by atoms with Crippen LogP contribution >= 0.6 is 12.2 Å². The first-order chi connectivity index (χ1) is 9.72. The van der Waals surface area contributed by atoms with Gasteiger partial charge in [0.25, 0.3) is 0 Å². The number of fused-ring (bicyclic) bond motifs is 1.